The van der Waals surface area contributed by atoms with Gasteiger partial charge in [0.1, 0.15) is 0 Å². The number of carboxylic acid groups (broad SMARTS) is 2. The van der Waals surface area contributed by atoms with Gasteiger partial charge < -0.3 is 10.2 Å². The summed E-state index contributed by atoms with van der Waals surface area (Å²) in [6, 6.07) is 0. The van der Waals surface area contributed by atoms with Gasteiger partial charge in [-0.2, -0.15) is 0 Å². The van der Waals surface area contributed by atoms with E-state index in [4.69, 9.17) is 10.2 Å². The fourth-order valence-corrected chi connectivity index (χ4v) is 0.477. The van der Waals surface area contributed by atoms with E-state index in [9.17, 15) is 9.59 Å². The van der Waals surface area contributed by atoms with E-state index in [2.05, 4.69) is 0 Å². The maximum absolute atomic E-state index is 9.95. The molecule has 0 saturated heterocycles. The first kappa shape index (κ1) is 13.0. The van der Waals surface area contributed by atoms with E-state index >= 15 is 0 Å². The van der Waals surface area contributed by atoms with Crippen molar-refractivity contribution in [3.05, 3.63) is 0 Å². The SMILES string of the molecule is O=C(O)CC(P)C(=O)O.[Na]. The van der Waals surface area contributed by atoms with Crippen molar-refractivity contribution in [3.63, 3.8) is 0 Å². The van der Waals surface area contributed by atoms with Crippen LogP contribution in [0.4, 0.5) is 0 Å². The summed E-state index contributed by atoms with van der Waals surface area (Å²) in [4.78, 5) is 19.8. The van der Waals surface area contributed by atoms with Crippen molar-refractivity contribution >= 4 is 50.7 Å². The molecule has 0 amide bonds. The Bertz CT molecular complexity index is 137. The van der Waals surface area contributed by atoms with E-state index in [0.717, 1.165) is 0 Å². The van der Waals surface area contributed by atoms with Crippen LogP contribution in [0.5, 0.6) is 0 Å². The molecule has 0 rings (SSSR count). The minimum Gasteiger partial charge on any atom is -0.481 e. The minimum atomic E-state index is -1.11. The van der Waals surface area contributed by atoms with E-state index in [1.165, 1.54) is 0 Å². The zero-order chi connectivity index (χ0) is 7.44. The average Bonchev–Trinajstić information content (AvgIpc) is 1.63. The Morgan fingerprint density at radius 1 is 1.40 bits per heavy atom. The number of hydrogen-bond donors (Lipinski definition) is 2. The van der Waals surface area contributed by atoms with E-state index < -0.39 is 17.6 Å². The van der Waals surface area contributed by atoms with E-state index in [-0.39, 0.29) is 36.0 Å². The smallest absolute Gasteiger partial charge is 0.310 e. The van der Waals surface area contributed by atoms with Crippen LogP contribution in [0.2, 0.25) is 0 Å². The largest absolute Gasteiger partial charge is 0.481 e. The molecule has 0 aromatic carbocycles. The third kappa shape index (κ3) is 6.49. The van der Waals surface area contributed by atoms with Crippen molar-refractivity contribution in [2.75, 3.05) is 0 Å². The van der Waals surface area contributed by atoms with Gasteiger partial charge in [-0.25, -0.2) is 0 Å². The summed E-state index contributed by atoms with van der Waals surface area (Å²) in [5, 5.41) is 16.2. The molecule has 0 aliphatic heterocycles. The maximum atomic E-state index is 9.95. The van der Waals surface area contributed by atoms with Crippen LogP contribution in [0.25, 0.3) is 0 Å². The Kier molecular flexibility index (Phi) is 7.93. The van der Waals surface area contributed by atoms with Crippen molar-refractivity contribution in [2.45, 2.75) is 12.1 Å². The first-order chi connectivity index (χ1) is 4.04. The molecule has 0 aromatic heterocycles. The summed E-state index contributed by atoms with van der Waals surface area (Å²) >= 11 is 0. The summed E-state index contributed by atoms with van der Waals surface area (Å²) in [7, 11) is 1.94. The van der Waals surface area contributed by atoms with Crippen molar-refractivity contribution in [3.8, 4) is 0 Å². The maximum Gasteiger partial charge on any atom is 0.310 e. The molecule has 4 nitrogen and oxygen atoms in total. The molecule has 0 fully saturated rings. The molecule has 0 aliphatic rings. The predicted octanol–water partition coefficient (Wildman–Crippen LogP) is -0.591. The Morgan fingerprint density at radius 2 is 1.80 bits per heavy atom. The van der Waals surface area contributed by atoms with Gasteiger partial charge in [0.2, 0.25) is 0 Å². The van der Waals surface area contributed by atoms with Gasteiger partial charge in [0.05, 0.1) is 12.1 Å². The molecule has 2 atom stereocenters. The van der Waals surface area contributed by atoms with Crippen LogP contribution in [0, 0.1) is 0 Å². The molecule has 2 unspecified atom stereocenters. The third-order valence-corrected chi connectivity index (χ3v) is 1.23. The van der Waals surface area contributed by atoms with E-state index in [0.29, 0.717) is 0 Å². The molecular weight excluding hydrogens is 166 g/mol. The summed E-state index contributed by atoms with van der Waals surface area (Å²) in [5.74, 6) is -2.21. The minimum absolute atomic E-state index is 0. The Hall–Kier alpha value is 0.370. The summed E-state index contributed by atoms with van der Waals surface area (Å²) in [5.41, 5.74) is -0.873. The summed E-state index contributed by atoms with van der Waals surface area (Å²) < 4.78 is 0. The van der Waals surface area contributed by atoms with Gasteiger partial charge in [-0.3, -0.25) is 9.59 Å². The predicted molar refractivity (Wildman–Crippen MR) is 39.1 cm³/mol. The van der Waals surface area contributed by atoms with Gasteiger partial charge in [0.15, 0.2) is 0 Å². The molecule has 0 bridgehead atoms. The third-order valence-electron chi connectivity index (χ3n) is 0.712. The number of carboxylic acids is 2. The van der Waals surface area contributed by atoms with Gasteiger partial charge in [-0.15, -0.1) is 9.24 Å². The Morgan fingerprint density at radius 3 is 1.90 bits per heavy atom. The first-order valence-corrected chi connectivity index (χ1v) is 2.91. The second-order valence-electron chi connectivity index (χ2n) is 1.54. The van der Waals surface area contributed by atoms with Crippen LogP contribution < -0.4 is 0 Å². The van der Waals surface area contributed by atoms with Crippen LogP contribution in [-0.2, 0) is 9.59 Å². The molecule has 2 N–H and O–H groups in total. The number of hydrogen-bond acceptors (Lipinski definition) is 2. The molecule has 0 saturated carbocycles. The van der Waals surface area contributed by atoms with Gasteiger partial charge in [0, 0.05) is 29.6 Å². The fraction of sp³-hybridized carbons (Fsp3) is 0.500. The van der Waals surface area contributed by atoms with Crippen LogP contribution in [-0.4, -0.2) is 57.4 Å². The van der Waals surface area contributed by atoms with Crippen molar-refractivity contribution in [1.29, 1.82) is 0 Å². The fourth-order valence-electron chi connectivity index (χ4n) is 0.275. The van der Waals surface area contributed by atoms with Crippen LogP contribution >= 0.6 is 9.24 Å². The number of rotatable bonds is 3. The topological polar surface area (TPSA) is 74.6 Å². The van der Waals surface area contributed by atoms with Gasteiger partial charge in [-0.1, -0.05) is 0 Å². The quantitative estimate of drug-likeness (QED) is 0.441. The standard InChI is InChI=1S/C4H7O4P.Na/c5-3(6)1-2(9)4(7)8;/h2H,1,9H2,(H,5,6)(H,7,8);. The Labute approximate surface area is 82.5 Å². The first-order valence-electron chi connectivity index (χ1n) is 2.24. The summed E-state index contributed by atoms with van der Waals surface area (Å²) in [6.07, 6.45) is -0.347. The second-order valence-corrected chi connectivity index (χ2v) is 2.35. The normalized spacial score (nSPS) is 11.3. The summed E-state index contributed by atoms with van der Waals surface area (Å²) in [6.45, 7) is 0. The van der Waals surface area contributed by atoms with Crippen LogP contribution in [0.3, 0.4) is 0 Å². The molecule has 10 heavy (non-hydrogen) atoms. The van der Waals surface area contributed by atoms with Gasteiger partial charge >= 0.3 is 11.9 Å². The van der Waals surface area contributed by atoms with Gasteiger partial charge in [-0.05, 0) is 0 Å². The molecule has 0 aliphatic carbocycles. The molecule has 1 radical (unpaired) electrons. The molecule has 0 heterocycles. The van der Waals surface area contributed by atoms with Gasteiger partial charge in [0.25, 0.3) is 0 Å². The average molecular weight is 173 g/mol. The van der Waals surface area contributed by atoms with Crippen molar-refractivity contribution in [1.82, 2.24) is 0 Å². The molecular formula is C4H7NaO4P. The second kappa shape index (κ2) is 6.10. The number of aliphatic carboxylic acids is 2. The van der Waals surface area contributed by atoms with Crippen molar-refractivity contribution < 1.29 is 19.8 Å². The molecule has 53 valence electrons. The molecule has 0 spiro atoms. The van der Waals surface area contributed by atoms with Crippen LogP contribution in [0.15, 0.2) is 0 Å². The molecule has 6 heteroatoms. The van der Waals surface area contributed by atoms with Crippen LogP contribution in [0.1, 0.15) is 6.42 Å². The zero-order valence-electron chi connectivity index (χ0n) is 5.57. The van der Waals surface area contributed by atoms with E-state index in [1.54, 1.807) is 0 Å². The Balaban J connectivity index is 0. The monoisotopic (exact) mass is 173 g/mol. The van der Waals surface area contributed by atoms with Crippen molar-refractivity contribution in [2.24, 2.45) is 0 Å². The van der Waals surface area contributed by atoms with E-state index in [1.807, 2.05) is 9.24 Å². The number of carbonyl (C=O) groups is 2. The zero-order valence-corrected chi connectivity index (χ0v) is 8.73. The molecule has 0 aromatic rings.